The minimum Gasteiger partial charge on any atom is -0.465 e. The van der Waals surface area contributed by atoms with Gasteiger partial charge in [-0.05, 0) is 20.8 Å². The van der Waals surface area contributed by atoms with Crippen LogP contribution >= 0.6 is 0 Å². The summed E-state index contributed by atoms with van der Waals surface area (Å²) in [5.74, 6) is -0.893. The van der Waals surface area contributed by atoms with Crippen LogP contribution in [0, 0.1) is 0 Å². The molecule has 0 aromatic rings. The lowest BCUT2D eigenvalue weighted by molar-refractivity contribution is -0.172. The van der Waals surface area contributed by atoms with E-state index >= 15 is 0 Å². The summed E-state index contributed by atoms with van der Waals surface area (Å²) >= 11 is 0. The van der Waals surface area contributed by atoms with Gasteiger partial charge in [0.15, 0.2) is 0 Å². The molecule has 17 heavy (non-hydrogen) atoms. The minimum absolute atomic E-state index is 0.0189. The number of amides is 1. The number of likely N-dealkylation sites (tertiary alicyclic amines) is 1. The fourth-order valence-electron chi connectivity index (χ4n) is 1.63. The maximum atomic E-state index is 14.2. The third kappa shape index (κ3) is 3.57. The molecule has 0 aromatic heterocycles. The van der Waals surface area contributed by atoms with Crippen molar-refractivity contribution >= 4 is 12.1 Å². The fraction of sp³-hybridized carbons (Fsp3) is 0.818. The third-order valence-corrected chi connectivity index (χ3v) is 2.59. The van der Waals surface area contributed by atoms with Crippen molar-refractivity contribution in [3.63, 3.8) is 0 Å². The number of alkyl halides is 1. The van der Waals surface area contributed by atoms with E-state index in [9.17, 15) is 14.0 Å². The highest BCUT2D eigenvalue weighted by atomic mass is 19.1. The SMILES string of the molecule is CC(C)(C)OC(=O)C1(F)CCN(C(=O)O)CC1. The number of piperidine rings is 1. The third-order valence-electron chi connectivity index (χ3n) is 2.59. The fourth-order valence-corrected chi connectivity index (χ4v) is 1.63. The first-order valence-electron chi connectivity index (χ1n) is 5.54. The quantitative estimate of drug-likeness (QED) is 0.717. The van der Waals surface area contributed by atoms with Gasteiger partial charge in [-0.3, -0.25) is 0 Å². The molecule has 1 saturated heterocycles. The molecule has 0 aliphatic carbocycles. The summed E-state index contributed by atoms with van der Waals surface area (Å²) in [7, 11) is 0. The van der Waals surface area contributed by atoms with Crippen LogP contribution in [0.4, 0.5) is 9.18 Å². The van der Waals surface area contributed by atoms with E-state index in [0.29, 0.717) is 0 Å². The smallest absolute Gasteiger partial charge is 0.407 e. The van der Waals surface area contributed by atoms with Crippen molar-refractivity contribution in [1.29, 1.82) is 0 Å². The zero-order valence-electron chi connectivity index (χ0n) is 10.3. The van der Waals surface area contributed by atoms with E-state index in [1.165, 1.54) is 0 Å². The first kappa shape index (κ1) is 13.7. The molecular formula is C11H18FNO4. The van der Waals surface area contributed by atoms with E-state index in [-0.39, 0.29) is 25.9 Å². The maximum absolute atomic E-state index is 14.2. The van der Waals surface area contributed by atoms with E-state index in [4.69, 9.17) is 9.84 Å². The Bertz CT molecular complexity index is 316. The number of carbonyl (C=O) groups is 2. The molecule has 98 valence electrons. The number of ether oxygens (including phenoxy) is 1. The Labute approximate surface area is 99.5 Å². The van der Waals surface area contributed by atoms with Gasteiger partial charge in [-0.1, -0.05) is 0 Å². The largest absolute Gasteiger partial charge is 0.465 e. The summed E-state index contributed by atoms with van der Waals surface area (Å²) in [5.41, 5.74) is -2.79. The first-order valence-corrected chi connectivity index (χ1v) is 5.54. The molecule has 0 bridgehead atoms. The van der Waals surface area contributed by atoms with Gasteiger partial charge in [-0.15, -0.1) is 0 Å². The average molecular weight is 247 g/mol. The molecular weight excluding hydrogens is 229 g/mol. The van der Waals surface area contributed by atoms with Crippen LogP contribution in [0.5, 0.6) is 0 Å². The van der Waals surface area contributed by atoms with Crippen molar-refractivity contribution in [2.75, 3.05) is 13.1 Å². The van der Waals surface area contributed by atoms with Gasteiger partial charge in [0, 0.05) is 25.9 Å². The molecule has 6 heteroatoms. The molecule has 1 fully saturated rings. The number of carbonyl (C=O) groups excluding carboxylic acids is 1. The van der Waals surface area contributed by atoms with Gasteiger partial charge in [0.05, 0.1) is 0 Å². The predicted octanol–water partition coefficient (Wildman–Crippen LogP) is 1.81. The highest BCUT2D eigenvalue weighted by Gasteiger charge is 2.45. The van der Waals surface area contributed by atoms with Gasteiger partial charge in [-0.2, -0.15) is 0 Å². The average Bonchev–Trinajstić information content (AvgIpc) is 2.15. The van der Waals surface area contributed by atoms with E-state index in [2.05, 4.69) is 0 Å². The van der Waals surface area contributed by atoms with Gasteiger partial charge in [0.25, 0.3) is 0 Å². The van der Waals surface area contributed by atoms with Crippen molar-refractivity contribution < 1.29 is 23.8 Å². The summed E-state index contributed by atoms with van der Waals surface area (Å²) in [4.78, 5) is 23.4. The highest BCUT2D eigenvalue weighted by molar-refractivity contribution is 5.80. The summed E-state index contributed by atoms with van der Waals surface area (Å²) in [5, 5.41) is 8.72. The van der Waals surface area contributed by atoms with Crippen LogP contribution in [-0.2, 0) is 9.53 Å². The maximum Gasteiger partial charge on any atom is 0.407 e. The van der Waals surface area contributed by atoms with E-state index in [0.717, 1.165) is 4.90 Å². The molecule has 1 rings (SSSR count). The number of hydrogen-bond donors (Lipinski definition) is 1. The topological polar surface area (TPSA) is 66.8 Å². The van der Waals surface area contributed by atoms with Gasteiger partial charge in [-0.25, -0.2) is 14.0 Å². The van der Waals surface area contributed by atoms with E-state index in [1.807, 2.05) is 0 Å². The minimum atomic E-state index is -2.06. The monoisotopic (exact) mass is 247 g/mol. The van der Waals surface area contributed by atoms with Crippen molar-refractivity contribution in [2.24, 2.45) is 0 Å². The predicted molar refractivity (Wildman–Crippen MR) is 58.5 cm³/mol. The van der Waals surface area contributed by atoms with Crippen LogP contribution in [-0.4, -0.2) is 46.4 Å². The lowest BCUT2D eigenvalue weighted by atomic mass is 9.93. The van der Waals surface area contributed by atoms with Gasteiger partial charge < -0.3 is 14.7 Å². The number of nitrogens with zero attached hydrogens (tertiary/aromatic N) is 1. The van der Waals surface area contributed by atoms with Crippen LogP contribution in [0.15, 0.2) is 0 Å². The molecule has 5 nitrogen and oxygen atoms in total. The number of rotatable bonds is 1. The van der Waals surface area contributed by atoms with Crippen LogP contribution in [0.1, 0.15) is 33.6 Å². The Kier molecular flexibility index (Phi) is 3.64. The van der Waals surface area contributed by atoms with Gasteiger partial charge >= 0.3 is 12.1 Å². The van der Waals surface area contributed by atoms with Crippen molar-refractivity contribution in [2.45, 2.75) is 44.9 Å². The van der Waals surface area contributed by atoms with Crippen molar-refractivity contribution in [3.8, 4) is 0 Å². The van der Waals surface area contributed by atoms with Crippen LogP contribution in [0.25, 0.3) is 0 Å². The standard InChI is InChI=1S/C11H18FNO4/c1-10(2,3)17-8(14)11(12)4-6-13(7-5-11)9(15)16/h4-7H2,1-3H3,(H,15,16). The molecule has 0 atom stereocenters. The second-order valence-corrected chi connectivity index (χ2v) is 5.24. The molecule has 1 heterocycles. The van der Waals surface area contributed by atoms with Gasteiger partial charge in [0.2, 0.25) is 5.67 Å². The summed E-state index contributed by atoms with van der Waals surface area (Å²) in [6.45, 7) is 5.04. The lowest BCUT2D eigenvalue weighted by Crippen LogP contribution is -2.50. The number of hydrogen-bond acceptors (Lipinski definition) is 3. The van der Waals surface area contributed by atoms with Crippen LogP contribution in [0.2, 0.25) is 0 Å². The molecule has 1 aliphatic heterocycles. The van der Waals surface area contributed by atoms with Crippen molar-refractivity contribution in [1.82, 2.24) is 4.90 Å². The lowest BCUT2D eigenvalue weighted by Gasteiger charge is -2.34. The first-order chi connectivity index (χ1) is 7.64. The van der Waals surface area contributed by atoms with Gasteiger partial charge in [0.1, 0.15) is 5.60 Å². The Morgan fingerprint density at radius 2 is 1.76 bits per heavy atom. The number of halogens is 1. The molecule has 1 N–H and O–H groups in total. The Hall–Kier alpha value is -1.33. The highest BCUT2D eigenvalue weighted by Crippen LogP contribution is 2.29. The molecule has 0 saturated carbocycles. The number of carboxylic acid groups (broad SMARTS) is 1. The van der Waals surface area contributed by atoms with E-state index < -0.39 is 23.3 Å². The summed E-state index contributed by atoms with van der Waals surface area (Å²) < 4.78 is 19.2. The van der Waals surface area contributed by atoms with E-state index in [1.54, 1.807) is 20.8 Å². The zero-order chi connectivity index (χ0) is 13.3. The second kappa shape index (κ2) is 4.50. The molecule has 0 spiro atoms. The normalized spacial score (nSPS) is 19.9. The molecule has 1 aliphatic rings. The summed E-state index contributed by atoms with van der Waals surface area (Å²) in [6.07, 6.45) is -1.38. The van der Waals surface area contributed by atoms with Crippen LogP contribution < -0.4 is 0 Å². The second-order valence-electron chi connectivity index (χ2n) is 5.24. The Morgan fingerprint density at radius 3 is 2.12 bits per heavy atom. The molecule has 0 aromatic carbocycles. The molecule has 1 amide bonds. The summed E-state index contributed by atoms with van der Waals surface area (Å²) in [6, 6.07) is 0. The molecule has 0 unspecified atom stereocenters. The van der Waals surface area contributed by atoms with Crippen molar-refractivity contribution in [3.05, 3.63) is 0 Å². The Morgan fingerprint density at radius 1 is 1.29 bits per heavy atom. The van der Waals surface area contributed by atoms with Crippen LogP contribution in [0.3, 0.4) is 0 Å². The zero-order valence-corrected chi connectivity index (χ0v) is 10.3. The number of esters is 1. The Balaban J connectivity index is 2.60. The molecule has 0 radical (unpaired) electrons.